The van der Waals surface area contributed by atoms with Crippen molar-refractivity contribution in [3.63, 3.8) is 0 Å². The molecule has 82 valence electrons. The van der Waals surface area contributed by atoms with Crippen molar-refractivity contribution in [3.05, 3.63) is 22.6 Å². The summed E-state index contributed by atoms with van der Waals surface area (Å²) >= 11 is 3.19. The average molecular weight is 273 g/mol. The third-order valence-electron chi connectivity index (χ3n) is 2.65. The van der Waals surface area contributed by atoms with Gasteiger partial charge < -0.3 is 15.1 Å². The molecule has 0 radical (unpaired) electrons. The van der Waals surface area contributed by atoms with E-state index in [1.165, 1.54) is 6.26 Å². The number of furan rings is 1. The van der Waals surface area contributed by atoms with Crippen molar-refractivity contribution < 1.29 is 9.21 Å². The van der Waals surface area contributed by atoms with Crippen LogP contribution in [0.25, 0.3) is 0 Å². The quantitative estimate of drug-likeness (QED) is 0.859. The van der Waals surface area contributed by atoms with Crippen molar-refractivity contribution >= 4 is 21.8 Å². The van der Waals surface area contributed by atoms with Crippen LogP contribution in [-0.4, -0.2) is 24.5 Å². The van der Waals surface area contributed by atoms with Crippen molar-refractivity contribution in [3.8, 4) is 0 Å². The van der Waals surface area contributed by atoms with Gasteiger partial charge >= 0.3 is 0 Å². The van der Waals surface area contributed by atoms with Crippen LogP contribution in [0.1, 0.15) is 23.7 Å². The van der Waals surface area contributed by atoms with Gasteiger partial charge in [-0.25, -0.2) is 0 Å². The van der Waals surface area contributed by atoms with E-state index in [9.17, 15) is 4.79 Å². The normalized spacial score (nSPS) is 25.5. The monoisotopic (exact) mass is 272 g/mol. The SMILES string of the molecule is CC1(NC(=O)c2ccoc2Br)CCNC1. The zero-order chi connectivity index (χ0) is 10.9. The molecule has 0 spiro atoms. The molecule has 2 N–H and O–H groups in total. The van der Waals surface area contributed by atoms with Gasteiger partial charge in [-0.15, -0.1) is 0 Å². The van der Waals surface area contributed by atoms with Crippen molar-refractivity contribution in [1.82, 2.24) is 10.6 Å². The van der Waals surface area contributed by atoms with Gasteiger partial charge in [-0.1, -0.05) is 0 Å². The van der Waals surface area contributed by atoms with Crippen molar-refractivity contribution in [2.45, 2.75) is 18.9 Å². The van der Waals surface area contributed by atoms with Gasteiger partial charge in [0, 0.05) is 6.54 Å². The second-order valence-electron chi connectivity index (χ2n) is 4.05. The Morgan fingerprint density at radius 1 is 1.73 bits per heavy atom. The number of nitrogens with one attached hydrogen (secondary N) is 2. The summed E-state index contributed by atoms with van der Waals surface area (Å²) in [6, 6.07) is 1.66. The molecule has 1 atom stereocenters. The molecule has 1 amide bonds. The molecule has 1 aromatic rings. The Kier molecular flexibility index (Phi) is 2.84. The highest BCUT2D eigenvalue weighted by molar-refractivity contribution is 9.10. The Hall–Kier alpha value is -0.810. The molecule has 1 saturated heterocycles. The number of halogens is 1. The molecular weight excluding hydrogens is 260 g/mol. The van der Waals surface area contributed by atoms with E-state index in [1.54, 1.807) is 6.07 Å². The molecule has 4 nitrogen and oxygen atoms in total. The fourth-order valence-electron chi connectivity index (χ4n) is 1.72. The van der Waals surface area contributed by atoms with E-state index in [4.69, 9.17) is 4.42 Å². The topological polar surface area (TPSA) is 54.3 Å². The van der Waals surface area contributed by atoms with Crippen molar-refractivity contribution in [2.75, 3.05) is 13.1 Å². The number of hydrogen-bond acceptors (Lipinski definition) is 3. The minimum atomic E-state index is -0.145. The molecular formula is C10H13BrN2O2. The first-order chi connectivity index (χ1) is 7.11. The zero-order valence-electron chi connectivity index (χ0n) is 8.47. The van der Waals surface area contributed by atoms with Crippen LogP contribution in [0.3, 0.4) is 0 Å². The average Bonchev–Trinajstić information content (AvgIpc) is 2.74. The van der Waals surface area contributed by atoms with Gasteiger partial charge in [0.15, 0.2) is 4.67 Å². The van der Waals surface area contributed by atoms with Crippen LogP contribution in [0.5, 0.6) is 0 Å². The van der Waals surface area contributed by atoms with E-state index in [-0.39, 0.29) is 11.4 Å². The van der Waals surface area contributed by atoms with Crippen LogP contribution in [0, 0.1) is 0 Å². The first-order valence-corrected chi connectivity index (χ1v) is 5.66. The maximum atomic E-state index is 11.9. The van der Waals surface area contributed by atoms with Gasteiger partial charge in [-0.05, 0) is 41.9 Å². The summed E-state index contributed by atoms with van der Waals surface area (Å²) in [6.45, 7) is 3.80. The lowest BCUT2D eigenvalue weighted by molar-refractivity contribution is 0.0911. The summed E-state index contributed by atoms with van der Waals surface area (Å²) in [5, 5.41) is 6.24. The number of amides is 1. The first-order valence-electron chi connectivity index (χ1n) is 4.87. The predicted molar refractivity (Wildman–Crippen MR) is 59.8 cm³/mol. The first kappa shape index (κ1) is 10.7. The van der Waals surface area contributed by atoms with Crippen LogP contribution in [0.15, 0.2) is 21.4 Å². The third-order valence-corrected chi connectivity index (χ3v) is 3.26. The lowest BCUT2D eigenvalue weighted by atomic mass is 10.0. The Morgan fingerprint density at radius 2 is 2.53 bits per heavy atom. The number of carbonyl (C=O) groups excluding carboxylic acids is 1. The summed E-state index contributed by atoms with van der Waals surface area (Å²) in [6.07, 6.45) is 2.45. The lowest BCUT2D eigenvalue weighted by Crippen LogP contribution is -2.47. The maximum absolute atomic E-state index is 11.9. The van der Waals surface area contributed by atoms with Crippen LogP contribution < -0.4 is 10.6 Å². The second kappa shape index (κ2) is 3.98. The number of carbonyl (C=O) groups is 1. The Balaban J connectivity index is 2.07. The van der Waals surface area contributed by atoms with Gasteiger partial charge in [0.25, 0.3) is 5.91 Å². The van der Waals surface area contributed by atoms with Gasteiger partial charge in [0.05, 0.1) is 17.4 Å². The molecule has 1 aliphatic heterocycles. The fourth-order valence-corrected chi connectivity index (χ4v) is 2.14. The summed E-state index contributed by atoms with van der Waals surface area (Å²) in [7, 11) is 0. The Bertz CT molecular complexity index is 369. The minimum absolute atomic E-state index is 0.0955. The summed E-state index contributed by atoms with van der Waals surface area (Å²) in [4.78, 5) is 11.9. The highest BCUT2D eigenvalue weighted by Gasteiger charge is 2.31. The van der Waals surface area contributed by atoms with E-state index in [0.717, 1.165) is 19.5 Å². The Labute approximate surface area is 96.5 Å². The largest absolute Gasteiger partial charge is 0.457 e. The van der Waals surface area contributed by atoms with Crippen LogP contribution in [0.2, 0.25) is 0 Å². The van der Waals surface area contributed by atoms with E-state index in [0.29, 0.717) is 10.2 Å². The molecule has 1 aliphatic rings. The molecule has 15 heavy (non-hydrogen) atoms. The maximum Gasteiger partial charge on any atom is 0.256 e. The molecule has 0 aromatic carbocycles. The standard InChI is InChI=1S/C10H13BrN2O2/c1-10(3-4-12-6-10)13-9(14)7-2-5-15-8(7)11/h2,5,12H,3-4,6H2,1H3,(H,13,14). The molecule has 1 aromatic heterocycles. The van der Waals surface area contributed by atoms with Crippen LogP contribution in [-0.2, 0) is 0 Å². The van der Waals surface area contributed by atoms with Gasteiger partial charge in [0.1, 0.15) is 0 Å². The molecule has 2 rings (SSSR count). The van der Waals surface area contributed by atoms with Crippen molar-refractivity contribution in [2.24, 2.45) is 0 Å². The predicted octanol–water partition coefficient (Wildman–Crippen LogP) is 1.52. The molecule has 0 aliphatic carbocycles. The third kappa shape index (κ3) is 2.23. The lowest BCUT2D eigenvalue weighted by Gasteiger charge is -2.24. The zero-order valence-corrected chi connectivity index (χ0v) is 10.1. The fraction of sp³-hybridized carbons (Fsp3) is 0.500. The Morgan fingerprint density at radius 3 is 3.07 bits per heavy atom. The molecule has 2 heterocycles. The summed E-state index contributed by atoms with van der Waals surface area (Å²) < 4.78 is 5.50. The van der Waals surface area contributed by atoms with Gasteiger partial charge in [-0.3, -0.25) is 4.79 Å². The number of rotatable bonds is 2. The van der Waals surface area contributed by atoms with Crippen molar-refractivity contribution in [1.29, 1.82) is 0 Å². The second-order valence-corrected chi connectivity index (χ2v) is 4.77. The van der Waals surface area contributed by atoms with E-state index in [2.05, 4.69) is 26.6 Å². The van der Waals surface area contributed by atoms with E-state index < -0.39 is 0 Å². The summed E-state index contributed by atoms with van der Waals surface area (Å²) in [5.41, 5.74) is 0.400. The molecule has 5 heteroatoms. The van der Waals surface area contributed by atoms with Gasteiger partial charge in [0.2, 0.25) is 0 Å². The molecule has 0 bridgehead atoms. The summed E-state index contributed by atoms with van der Waals surface area (Å²) in [5.74, 6) is -0.0955. The molecule has 1 fully saturated rings. The minimum Gasteiger partial charge on any atom is -0.457 e. The highest BCUT2D eigenvalue weighted by Crippen LogP contribution is 2.20. The van der Waals surface area contributed by atoms with Crippen LogP contribution in [0.4, 0.5) is 0 Å². The van der Waals surface area contributed by atoms with E-state index in [1.807, 2.05) is 6.92 Å². The number of hydrogen-bond donors (Lipinski definition) is 2. The van der Waals surface area contributed by atoms with E-state index >= 15 is 0 Å². The highest BCUT2D eigenvalue weighted by atomic mass is 79.9. The van der Waals surface area contributed by atoms with Crippen LogP contribution >= 0.6 is 15.9 Å². The smallest absolute Gasteiger partial charge is 0.256 e. The van der Waals surface area contributed by atoms with Gasteiger partial charge in [-0.2, -0.15) is 0 Å². The molecule has 1 unspecified atom stereocenters. The molecule has 0 saturated carbocycles.